The SMILES string of the molecule is Fc1ccc(Nc2nc(Cl)ncc2F)c(Br)c1. The highest BCUT2D eigenvalue weighted by Gasteiger charge is 2.08. The minimum absolute atomic E-state index is 0.0719. The summed E-state index contributed by atoms with van der Waals surface area (Å²) in [6.07, 6.45) is 0.953. The van der Waals surface area contributed by atoms with Gasteiger partial charge in [-0.25, -0.2) is 13.8 Å². The summed E-state index contributed by atoms with van der Waals surface area (Å²) < 4.78 is 26.6. The van der Waals surface area contributed by atoms with Crippen molar-refractivity contribution in [2.45, 2.75) is 0 Å². The molecule has 0 saturated heterocycles. The van der Waals surface area contributed by atoms with Crippen LogP contribution in [0.15, 0.2) is 28.9 Å². The van der Waals surface area contributed by atoms with E-state index in [1.807, 2.05) is 0 Å². The van der Waals surface area contributed by atoms with E-state index in [2.05, 4.69) is 31.2 Å². The van der Waals surface area contributed by atoms with Crippen molar-refractivity contribution in [1.82, 2.24) is 9.97 Å². The van der Waals surface area contributed by atoms with E-state index in [0.717, 1.165) is 6.20 Å². The van der Waals surface area contributed by atoms with Crippen molar-refractivity contribution in [3.63, 3.8) is 0 Å². The molecule has 0 radical (unpaired) electrons. The Morgan fingerprint density at radius 2 is 2.06 bits per heavy atom. The molecule has 0 fully saturated rings. The molecule has 0 aliphatic heterocycles. The number of nitrogens with zero attached hydrogens (tertiary/aromatic N) is 2. The second kappa shape index (κ2) is 4.93. The molecule has 1 N–H and O–H groups in total. The highest BCUT2D eigenvalue weighted by Crippen LogP contribution is 2.27. The van der Waals surface area contributed by atoms with E-state index in [4.69, 9.17) is 11.6 Å². The number of hydrogen-bond donors (Lipinski definition) is 1. The van der Waals surface area contributed by atoms with Crippen LogP contribution in [0.1, 0.15) is 0 Å². The fraction of sp³-hybridized carbons (Fsp3) is 0. The van der Waals surface area contributed by atoms with Gasteiger partial charge in [-0.3, -0.25) is 0 Å². The molecule has 2 aromatic rings. The third-order valence-electron chi connectivity index (χ3n) is 1.90. The van der Waals surface area contributed by atoms with E-state index >= 15 is 0 Å². The van der Waals surface area contributed by atoms with Gasteiger partial charge in [0, 0.05) is 4.47 Å². The number of rotatable bonds is 2. The first kappa shape index (κ1) is 12.2. The second-order valence-electron chi connectivity index (χ2n) is 3.08. The van der Waals surface area contributed by atoms with Gasteiger partial charge in [-0.05, 0) is 45.7 Å². The van der Waals surface area contributed by atoms with Crippen molar-refractivity contribution in [2.24, 2.45) is 0 Å². The van der Waals surface area contributed by atoms with Gasteiger partial charge in [-0.2, -0.15) is 4.98 Å². The summed E-state index contributed by atoms with van der Waals surface area (Å²) in [4.78, 5) is 7.17. The minimum Gasteiger partial charge on any atom is -0.337 e. The normalized spacial score (nSPS) is 10.4. The van der Waals surface area contributed by atoms with Crippen LogP contribution in [-0.2, 0) is 0 Å². The van der Waals surface area contributed by atoms with Crippen LogP contribution in [0.3, 0.4) is 0 Å². The van der Waals surface area contributed by atoms with Crippen molar-refractivity contribution in [3.05, 3.63) is 45.8 Å². The lowest BCUT2D eigenvalue weighted by Gasteiger charge is -2.08. The van der Waals surface area contributed by atoms with E-state index < -0.39 is 11.6 Å². The van der Waals surface area contributed by atoms with Gasteiger partial charge < -0.3 is 5.32 Å². The van der Waals surface area contributed by atoms with E-state index in [1.54, 1.807) is 0 Å². The number of aromatic nitrogens is 2. The molecule has 0 amide bonds. The summed E-state index contributed by atoms with van der Waals surface area (Å²) in [5.41, 5.74) is 0.472. The standard InChI is InChI=1S/C10H5BrClF2N3/c11-6-3-5(13)1-2-8(6)16-9-7(14)4-15-10(12)17-9/h1-4H,(H,15,16,17). The van der Waals surface area contributed by atoms with Gasteiger partial charge in [0.25, 0.3) is 0 Å². The van der Waals surface area contributed by atoms with Crippen LogP contribution in [-0.4, -0.2) is 9.97 Å². The third-order valence-corrected chi connectivity index (χ3v) is 2.74. The van der Waals surface area contributed by atoms with Crippen molar-refractivity contribution in [1.29, 1.82) is 0 Å². The fourth-order valence-electron chi connectivity index (χ4n) is 1.15. The van der Waals surface area contributed by atoms with E-state index in [1.165, 1.54) is 18.2 Å². The molecule has 17 heavy (non-hydrogen) atoms. The summed E-state index contributed by atoms with van der Waals surface area (Å²) in [6.45, 7) is 0. The van der Waals surface area contributed by atoms with Crippen LogP contribution in [0.25, 0.3) is 0 Å². The Kier molecular flexibility index (Phi) is 3.54. The average molecular weight is 321 g/mol. The van der Waals surface area contributed by atoms with Crippen molar-refractivity contribution in [3.8, 4) is 0 Å². The third kappa shape index (κ3) is 2.89. The molecule has 1 aromatic carbocycles. The van der Waals surface area contributed by atoms with Gasteiger partial charge in [-0.15, -0.1) is 0 Å². The van der Waals surface area contributed by atoms with E-state index in [-0.39, 0.29) is 11.1 Å². The lowest BCUT2D eigenvalue weighted by atomic mass is 10.3. The maximum Gasteiger partial charge on any atom is 0.224 e. The molecule has 0 unspecified atom stereocenters. The molecular weight excluding hydrogens is 315 g/mol. The van der Waals surface area contributed by atoms with Crippen molar-refractivity contribution in [2.75, 3.05) is 5.32 Å². The predicted molar refractivity (Wildman–Crippen MR) is 64.4 cm³/mol. The molecule has 3 nitrogen and oxygen atoms in total. The first-order chi connectivity index (χ1) is 8.06. The monoisotopic (exact) mass is 319 g/mol. The van der Waals surface area contributed by atoms with Gasteiger partial charge in [-0.1, -0.05) is 0 Å². The number of benzene rings is 1. The van der Waals surface area contributed by atoms with Gasteiger partial charge in [0.1, 0.15) is 5.82 Å². The van der Waals surface area contributed by atoms with Crippen LogP contribution in [0.2, 0.25) is 5.28 Å². The predicted octanol–water partition coefficient (Wildman–Crippen LogP) is 3.91. The summed E-state index contributed by atoms with van der Waals surface area (Å²) in [5, 5.41) is 2.61. The Morgan fingerprint density at radius 3 is 2.76 bits per heavy atom. The molecule has 0 saturated carbocycles. The van der Waals surface area contributed by atoms with Crippen LogP contribution >= 0.6 is 27.5 Å². The molecular formula is C10H5BrClF2N3. The smallest absolute Gasteiger partial charge is 0.224 e. The molecule has 7 heteroatoms. The Labute approximate surface area is 109 Å². The Balaban J connectivity index is 2.34. The molecule has 88 valence electrons. The molecule has 1 aromatic heterocycles. The van der Waals surface area contributed by atoms with Crippen molar-refractivity contribution >= 4 is 39.0 Å². The zero-order chi connectivity index (χ0) is 12.4. The van der Waals surface area contributed by atoms with Gasteiger partial charge >= 0.3 is 0 Å². The Bertz CT molecular complexity index is 565. The Hall–Kier alpha value is -1.27. The highest BCUT2D eigenvalue weighted by molar-refractivity contribution is 9.10. The van der Waals surface area contributed by atoms with Gasteiger partial charge in [0.15, 0.2) is 11.6 Å². The maximum absolute atomic E-state index is 13.3. The lowest BCUT2D eigenvalue weighted by Crippen LogP contribution is -1.99. The van der Waals surface area contributed by atoms with E-state index in [0.29, 0.717) is 10.2 Å². The van der Waals surface area contributed by atoms with Crippen LogP contribution < -0.4 is 5.32 Å². The average Bonchev–Trinajstić information content (AvgIpc) is 2.27. The maximum atomic E-state index is 13.3. The summed E-state index contributed by atoms with van der Waals surface area (Å²) in [6, 6.07) is 3.95. The van der Waals surface area contributed by atoms with Crippen molar-refractivity contribution < 1.29 is 8.78 Å². The summed E-state index contributed by atoms with van der Waals surface area (Å²) in [5.74, 6) is -1.12. The Morgan fingerprint density at radius 1 is 1.29 bits per heavy atom. The number of hydrogen-bond acceptors (Lipinski definition) is 3. The lowest BCUT2D eigenvalue weighted by molar-refractivity contribution is 0.618. The molecule has 2 rings (SSSR count). The van der Waals surface area contributed by atoms with Gasteiger partial charge in [0.2, 0.25) is 5.28 Å². The second-order valence-corrected chi connectivity index (χ2v) is 4.28. The largest absolute Gasteiger partial charge is 0.337 e. The van der Waals surface area contributed by atoms with Crippen LogP contribution in [0, 0.1) is 11.6 Å². The molecule has 0 aliphatic rings. The molecule has 0 aliphatic carbocycles. The molecule has 0 spiro atoms. The topological polar surface area (TPSA) is 37.8 Å². The number of anilines is 2. The van der Waals surface area contributed by atoms with Crippen LogP contribution in [0.4, 0.5) is 20.3 Å². The van der Waals surface area contributed by atoms with E-state index in [9.17, 15) is 8.78 Å². The quantitative estimate of drug-likeness (QED) is 0.852. The highest BCUT2D eigenvalue weighted by atomic mass is 79.9. The first-order valence-electron chi connectivity index (χ1n) is 4.46. The molecule has 0 atom stereocenters. The zero-order valence-corrected chi connectivity index (χ0v) is 10.6. The summed E-state index contributed by atoms with van der Waals surface area (Å²) in [7, 11) is 0. The first-order valence-corrected chi connectivity index (χ1v) is 5.63. The van der Waals surface area contributed by atoms with Gasteiger partial charge in [0.05, 0.1) is 11.9 Å². The minimum atomic E-state index is -0.648. The van der Waals surface area contributed by atoms with Crippen LogP contribution in [0.5, 0.6) is 0 Å². The molecule has 0 bridgehead atoms. The summed E-state index contributed by atoms with van der Waals surface area (Å²) >= 11 is 8.69. The zero-order valence-electron chi connectivity index (χ0n) is 8.22. The number of halogens is 4. The fourth-order valence-corrected chi connectivity index (χ4v) is 1.73. The molecule has 1 heterocycles. The number of nitrogens with one attached hydrogen (secondary N) is 1.